The van der Waals surface area contributed by atoms with Crippen LogP contribution in [0.5, 0.6) is 0 Å². The van der Waals surface area contributed by atoms with Gasteiger partial charge in [0.25, 0.3) is 0 Å². The van der Waals surface area contributed by atoms with Gasteiger partial charge in [-0.2, -0.15) is 13.2 Å². The van der Waals surface area contributed by atoms with Crippen LogP contribution in [0.3, 0.4) is 0 Å². The molecule has 1 unspecified atom stereocenters. The second kappa shape index (κ2) is 4.80. The Kier molecular flexibility index (Phi) is 3.88. The van der Waals surface area contributed by atoms with Crippen LogP contribution in [0.2, 0.25) is 0 Å². The zero-order valence-electron chi connectivity index (χ0n) is 8.51. The molecule has 1 aromatic carbocycles. The number of alkyl halides is 3. The van der Waals surface area contributed by atoms with Crippen molar-refractivity contribution in [3.05, 3.63) is 35.1 Å². The molecule has 0 spiro atoms. The average molecular weight is 237 g/mol. The smallest absolute Gasteiger partial charge is 0.383 e. The van der Waals surface area contributed by atoms with E-state index in [0.29, 0.717) is 12.1 Å². The van der Waals surface area contributed by atoms with E-state index in [1.165, 1.54) is 7.11 Å². The Morgan fingerprint density at radius 3 is 2.50 bits per heavy atom. The molecule has 1 rings (SSSR count). The van der Waals surface area contributed by atoms with Crippen molar-refractivity contribution in [3.8, 4) is 0 Å². The maximum Gasteiger partial charge on any atom is 0.416 e. The number of hydrogen-bond donors (Lipinski definition) is 1. The van der Waals surface area contributed by atoms with Crippen LogP contribution in [-0.2, 0) is 10.9 Å². The highest BCUT2D eigenvalue weighted by Gasteiger charge is 2.31. The highest BCUT2D eigenvalue weighted by Crippen LogP contribution is 2.31. The Hall–Kier alpha value is -1.14. The lowest BCUT2D eigenvalue weighted by Crippen LogP contribution is -2.18. The van der Waals surface area contributed by atoms with Gasteiger partial charge in [-0.25, -0.2) is 4.39 Å². The molecule has 1 atom stereocenters. The number of nitrogens with two attached hydrogens (primary N) is 1. The Morgan fingerprint density at radius 1 is 1.38 bits per heavy atom. The summed E-state index contributed by atoms with van der Waals surface area (Å²) in [5, 5.41) is 0. The first-order valence-electron chi connectivity index (χ1n) is 4.47. The molecule has 0 radical (unpaired) electrons. The van der Waals surface area contributed by atoms with Gasteiger partial charge in [0.05, 0.1) is 18.2 Å². The fraction of sp³-hybridized carbons (Fsp3) is 0.400. The number of benzene rings is 1. The van der Waals surface area contributed by atoms with E-state index in [1.807, 2.05) is 0 Å². The summed E-state index contributed by atoms with van der Waals surface area (Å²) >= 11 is 0. The average Bonchev–Trinajstić information content (AvgIpc) is 2.16. The third-order valence-corrected chi connectivity index (χ3v) is 2.07. The van der Waals surface area contributed by atoms with Crippen molar-refractivity contribution in [1.29, 1.82) is 0 Å². The van der Waals surface area contributed by atoms with Crippen molar-refractivity contribution >= 4 is 0 Å². The molecule has 0 bridgehead atoms. The Bertz CT molecular complexity index is 364. The predicted octanol–water partition coefficient (Wildman–Crippen LogP) is 2.49. The fourth-order valence-electron chi connectivity index (χ4n) is 1.27. The minimum atomic E-state index is -4.50. The van der Waals surface area contributed by atoms with Crippen LogP contribution in [0.15, 0.2) is 18.2 Å². The third kappa shape index (κ3) is 2.93. The number of ether oxygens (including phenoxy) is 1. The molecular weight excluding hydrogens is 226 g/mol. The molecule has 2 N–H and O–H groups in total. The molecule has 16 heavy (non-hydrogen) atoms. The van der Waals surface area contributed by atoms with E-state index in [2.05, 4.69) is 4.74 Å². The SMILES string of the molecule is COCC(N)c1cc(C(F)(F)F)ccc1F. The zero-order valence-corrected chi connectivity index (χ0v) is 8.51. The van der Waals surface area contributed by atoms with Gasteiger partial charge in [-0.05, 0) is 18.2 Å². The number of halogens is 4. The molecule has 0 amide bonds. The van der Waals surface area contributed by atoms with Gasteiger partial charge in [-0.15, -0.1) is 0 Å². The molecule has 0 saturated heterocycles. The van der Waals surface area contributed by atoms with Gasteiger partial charge >= 0.3 is 6.18 Å². The number of hydrogen-bond acceptors (Lipinski definition) is 2. The lowest BCUT2D eigenvalue weighted by Gasteiger charge is -2.14. The lowest BCUT2D eigenvalue weighted by atomic mass is 10.0. The van der Waals surface area contributed by atoms with Crippen LogP contribution in [-0.4, -0.2) is 13.7 Å². The molecule has 90 valence electrons. The van der Waals surface area contributed by atoms with Crippen molar-refractivity contribution in [3.63, 3.8) is 0 Å². The standard InChI is InChI=1S/C10H11F4NO/c1-16-5-9(15)7-4-6(10(12,13)14)2-3-8(7)11/h2-4,9H,5,15H2,1H3. The molecule has 0 heterocycles. The Balaban J connectivity index is 3.09. The number of rotatable bonds is 3. The molecule has 0 aromatic heterocycles. The molecule has 0 saturated carbocycles. The summed E-state index contributed by atoms with van der Waals surface area (Å²) in [6.07, 6.45) is -4.50. The summed E-state index contributed by atoms with van der Waals surface area (Å²) in [6.45, 7) is -0.0434. The van der Waals surface area contributed by atoms with Gasteiger partial charge in [0.1, 0.15) is 5.82 Å². The molecule has 6 heteroatoms. The molecular formula is C10H11F4NO. The molecule has 1 aromatic rings. The van der Waals surface area contributed by atoms with Gasteiger partial charge in [-0.1, -0.05) is 0 Å². The molecule has 2 nitrogen and oxygen atoms in total. The van der Waals surface area contributed by atoms with Gasteiger partial charge < -0.3 is 10.5 Å². The zero-order chi connectivity index (χ0) is 12.3. The van der Waals surface area contributed by atoms with E-state index in [-0.39, 0.29) is 12.2 Å². The molecule has 0 aliphatic rings. The first kappa shape index (κ1) is 12.9. The van der Waals surface area contributed by atoms with E-state index >= 15 is 0 Å². The Morgan fingerprint density at radius 2 is 2.00 bits per heavy atom. The summed E-state index contributed by atoms with van der Waals surface area (Å²) in [5.74, 6) is -0.766. The summed E-state index contributed by atoms with van der Waals surface area (Å²) in [7, 11) is 1.34. The first-order valence-corrected chi connectivity index (χ1v) is 4.47. The molecule has 0 aliphatic heterocycles. The van der Waals surface area contributed by atoms with Gasteiger partial charge in [0.2, 0.25) is 0 Å². The highest BCUT2D eigenvalue weighted by molar-refractivity contribution is 5.29. The van der Waals surface area contributed by atoms with Crippen molar-refractivity contribution in [2.75, 3.05) is 13.7 Å². The third-order valence-electron chi connectivity index (χ3n) is 2.07. The predicted molar refractivity (Wildman–Crippen MR) is 50.2 cm³/mol. The summed E-state index contributed by atoms with van der Waals surface area (Å²) in [4.78, 5) is 0. The van der Waals surface area contributed by atoms with Crippen LogP contribution < -0.4 is 5.73 Å². The van der Waals surface area contributed by atoms with E-state index in [1.54, 1.807) is 0 Å². The second-order valence-electron chi connectivity index (χ2n) is 3.30. The van der Waals surface area contributed by atoms with Crippen LogP contribution in [0.1, 0.15) is 17.2 Å². The van der Waals surface area contributed by atoms with Crippen LogP contribution >= 0.6 is 0 Å². The van der Waals surface area contributed by atoms with E-state index in [4.69, 9.17) is 5.73 Å². The van der Waals surface area contributed by atoms with Gasteiger partial charge in [-0.3, -0.25) is 0 Å². The monoisotopic (exact) mass is 237 g/mol. The minimum Gasteiger partial charge on any atom is -0.383 e. The van der Waals surface area contributed by atoms with Crippen molar-refractivity contribution in [2.24, 2.45) is 5.73 Å². The summed E-state index contributed by atoms with van der Waals surface area (Å²) in [5.41, 5.74) is 4.37. The van der Waals surface area contributed by atoms with Crippen molar-refractivity contribution in [2.45, 2.75) is 12.2 Å². The summed E-state index contributed by atoms with van der Waals surface area (Å²) < 4.78 is 55.0. The van der Waals surface area contributed by atoms with Crippen LogP contribution in [0.25, 0.3) is 0 Å². The van der Waals surface area contributed by atoms with E-state index in [0.717, 1.165) is 6.07 Å². The van der Waals surface area contributed by atoms with Crippen molar-refractivity contribution < 1.29 is 22.3 Å². The topological polar surface area (TPSA) is 35.2 Å². The maximum atomic E-state index is 13.2. The highest BCUT2D eigenvalue weighted by atomic mass is 19.4. The van der Waals surface area contributed by atoms with Crippen LogP contribution in [0, 0.1) is 5.82 Å². The Labute approximate surface area is 90.0 Å². The van der Waals surface area contributed by atoms with E-state index < -0.39 is 23.6 Å². The molecule has 0 aliphatic carbocycles. The number of methoxy groups -OCH3 is 1. The quantitative estimate of drug-likeness (QED) is 0.820. The second-order valence-corrected chi connectivity index (χ2v) is 3.30. The van der Waals surface area contributed by atoms with Gasteiger partial charge in [0, 0.05) is 12.7 Å². The normalized spacial score (nSPS) is 13.9. The lowest BCUT2D eigenvalue weighted by molar-refractivity contribution is -0.137. The largest absolute Gasteiger partial charge is 0.416 e. The van der Waals surface area contributed by atoms with E-state index in [9.17, 15) is 17.6 Å². The minimum absolute atomic E-state index is 0.0434. The maximum absolute atomic E-state index is 13.2. The van der Waals surface area contributed by atoms with Crippen molar-refractivity contribution in [1.82, 2.24) is 0 Å². The molecule has 0 fully saturated rings. The van der Waals surface area contributed by atoms with Crippen LogP contribution in [0.4, 0.5) is 17.6 Å². The van der Waals surface area contributed by atoms with Gasteiger partial charge in [0.15, 0.2) is 0 Å². The first-order chi connectivity index (χ1) is 7.36. The summed E-state index contributed by atoms with van der Waals surface area (Å²) in [6, 6.07) is 1.23. The fourth-order valence-corrected chi connectivity index (χ4v) is 1.27.